The van der Waals surface area contributed by atoms with E-state index in [1.165, 1.54) is 63.6 Å². The van der Waals surface area contributed by atoms with Gasteiger partial charge in [0.2, 0.25) is 0 Å². The van der Waals surface area contributed by atoms with Gasteiger partial charge in [-0.3, -0.25) is 0 Å². The molecule has 0 saturated carbocycles. The minimum atomic E-state index is -1.40. The summed E-state index contributed by atoms with van der Waals surface area (Å²) >= 11 is 0. The summed E-state index contributed by atoms with van der Waals surface area (Å²) < 4.78 is 0. The van der Waals surface area contributed by atoms with E-state index in [0.717, 1.165) is 5.16 Å². The van der Waals surface area contributed by atoms with E-state index in [9.17, 15) is 0 Å². The lowest BCUT2D eigenvalue weighted by Crippen LogP contribution is -2.46. The van der Waals surface area contributed by atoms with Crippen LogP contribution in [0.1, 0.15) is 43.8 Å². The smallest absolute Gasteiger partial charge is 0.0497 e. The molecule has 0 aliphatic heterocycles. The Kier molecular flexibility index (Phi) is 7.36. The van der Waals surface area contributed by atoms with Crippen LogP contribution in [0.2, 0.25) is 39.3 Å². The second-order valence-electron chi connectivity index (χ2n) is 12.4. The van der Waals surface area contributed by atoms with Crippen molar-refractivity contribution in [1.29, 1.82) is 0 Å². The molecule has 0 radical (unpaired) electrons. The van der Waals surface area contributed by atoms with E-state index in [1.54, 1.807) is 5.30 Å². The van der Waals surface area contributed by atoms with Gasteiger partial charge in [-0.15, -0.1) is 0 Å². The van der Waals surface area contributed by atoms with Crippen LogP contribution in [0.3, 0.4) is 0 Å². The van der Waals surface area contributed by atoms with E-state index in [-0.39, 0.29) is 0 Å². The Morgan fingerprint density at radius 1 is 0.545 bits per heavy atom. The first-order valence-corrected chi connectivity index (χ1v) is 20.3. The van der Waals surface area contributed by atoms with E-state index in [4.69, 9.17) is 0 Å². The van der Waals surface area contributed by atoms with Crippen LogP contribution in [0.15, 0.2) is 36.4 Å². The summed E-state index contributed by atoms with van der Waals surface area (Å²) in [5.41, 5.74) is 12.6. The van der Waals surface area contributed by atoms with Crippen LogP contribution in [0.25, 0.3) is 22.0 Å². The van der Waals surface area contributed by atoms with Gasteiger partial charge in [0.05, 0.1) is 0 Å². The highest BCUT2D eigenvalue weighted by Crippen LogP contribution is 2.47. The molecule has 0 bridgehead atoms. The van der Waals surface area contributed by atoms with Crippen LogP contribution in [0.5, 0.6) is 0 Å². The summed E-state index contributed by atoms with van der Waals surface area (Å²) in [4.78, 5) is 0. The third kappa shape index (κ3) is 5.61. The Labute approximate surface area is 207 Å². The molecular weight excluding hydrogens is 447 g/mol. The van der Waals surface area contributed by atoms with Crippen molar-refractivity contribution in [1.82, 2.24) is 0 Å². The van der Waals surface area contributed by atoms with Crippen LogP contribution in [0, 0.1) is 41.5 Å². The van der Waals surface area contributed by atoms with Gasteiger partial charge in [0.15, 0.2) is 0 Å². The highest BCUT2D eigenvalue weighted by molar-refractivity contribution is 7.35. The molecule has 0 saturated heterocycles. The second-order valence-corrected chi connectivity index (χ2v) is 24.8. The molecule has 0 unspecified atom stereocenters. The van der Waals surface area contributed by atoms with Gasteiger partial charge in [0.1, 0.15) is 0 Å². The van der Waals surface area contributed by atoms with Crippen LogP contribution >= 0.6 is 8.19 Å². The van der Waals surface area contributed by atoms with Crippen molar-refractivity contribution < 1.29 is 0 Å². The zero-order chi connectivity index (χ0) is 24.9. The summed E-state index contributed by atoms with van der Waals surface area (Å²) in [5, 5.41) is 3.90. The van der Waals surface area contributed by atoms with Crippen molar-refractivity contribution in [2.45, 2.75) is 86.0 Å². The van der Waals surface area contributed by atoms with Crippen molar-refractivity contribution in [2.75, 3.05) is 0 Å². The normalized spacial score (nSPS) is 12.8. The molecule has 0 aliphatic rings. The lowest BCUT2D eigenvalue weighted by molar-refractivity contribution is 1.22. The molecule has 0 nitrogen and oxygen atoms in total. The number of benzene rings is 2. The maximum Gasteiger partial charge on any atom is 0.0497 e. The zero-order valence-corrected chi connectivity index (χ0v) is 25.9. The predicted octanol–water partition coefficient (Wildman–Crippen LogP) is 10.3. The fourth-order valence-electron chi connectivity index (χ4n) is 6.38. The molecule has 0 atom stereocenters. The molecule has 176 valence electrons. The monoisotopic (exact) mass is 490 g/mol. The molecule has 3 rings (SSSR count). The summed E-state index contributed by atoms with van der Waals surface area (Å²) in [7, 11) is -1.38. The number of aryl methyl sites for hydroxylation is 6. The van der Waals surface area contributed by atoms with Gasteiger partial charge in [-0.1, -0.05) is 82.9 Å². The second kappa shape index (κ2) is 9.29. The van der Waals surface area contributed by atoms with Crippen LogP contribution in [-0.2, 0) is 0 Å². The molecule has 0 fully saturated rings. The molecule has 0 N–H and O–H groups in total. The molecule has 1 heterocycles. The molecule has 33 heavy (non-hydrogen) atoms. The standard InChI is InChI=1S/C30H43PSi2/c1-19-13-21(3)28(22(4)14-19)25-17-26(29-23(5)15-20(2)16-24(29)6)31-27(18-25)30(32(7,8)9)33(10,11)12/h13-18,30H,1-12H3. The van der Waals surface area contributed by atoms with Crippen molar-refractivity contribution >= 4 is 24.3 Å². The Morgan fingerprint density at radius 3 is 1.33 bits per heavy atom. The Morgan fingerprint density at radius 2 is 0.939 bits per heavy atom. The fourth-order valence-corrected chi connectivity index (χ4v) is 22.7. The van der Waals surface area contributed by atoms with E-state index >= 15 is 0 Å². The highest BCUT2D eigenvalue weighted by Gasteiger charge is 2.39. The molecule has 0 amide bonds. The van der Waals surface area contributed by atoms with Crippen molar-refractivity contribution in [3.63, 3.8) is 0 Å². The van der Waals surface area contributed by atoms with Gasteiger partial charge < -0.3 is 0 Å². The lowest BCUT2D eigenvalue weighted by Gasteiger charge is -2.39. The topological polar surface area (TPSA) is 0 Å². The van der Waals surface area contributed by atoms with Crippen molar-refractivity contribution in [3.8, 4) is 22.0 Å². The fraction of sp³-hybridized carbons (Fsp3) is 0.433. The summed E-state index contributed by atoms with van der Waals surface area (Å²) in [6, 6.07) is 14.5. The zero-order valence-electron chi connectivity index (χ0n) is 23.0. The third-order valence-corrected chi connectivity index (χ3v) is 17.8. The number of rotatable bonds is 5. The van der Waals surface area contributed by atoms with E-state index < -0.39 is 16.1 Å². The summed E-state index contributed by atoms with van der Waals surface area (Å²) in [6.07, 6.45) is 0. The Bertz CT molecular complexity index is 1060. The summed E-state index contributed by atoms with van der Waals surface area (Å²) in [6.45, 7) is 29.0. The number of hydrogen-bond acceptors (Lipinski definition) is 0. The Hall–Kier alpha value is -1.48. The predicted molar refractivity (Wildman–Crippen MR) is 158 cm³/mol. The van der Waals surface area contributed by atoms with Gasteiger partial charge in [-0.05, 0) is 103 Å². The quantitative estimate of drug-likeness (QED) is 0.312. The minimum Gasteiger partial charge on any atom is -0.0693 e. The highest BCUT2D eigenvalue weighted by atomic mass is 31.0. The molecule has 1 aromatic heterocycles. The average Bonchev–Trinajstić information content (AvgIpc) is 2.57. The van der Waals surface area contributed by atoms with E-state index in [1.807, 2.05) is 0 Å². The van der Waals surface area contributed by atoms with Crippen LogP contribution in [-0.4, -0.2) is 16.1 Å². The Balaban J connectivity index is 2.42. The average molecular weight is 491 g/mol. The molecule has 0 spiro atoms. The first kappa shape index (κ1) is 26.1. The van der Waals surface area contributed by atoms with Crippen molar-refractivity contribution in [3.05, 3.63) is 75.1 Å². The molecule has 3 aromatic rings. The van der Waals surface area contributed by atoms with E-state index in [2.05, 4.69) is 117 Å². The van der Waals surface area contributed by atoms with Crippen molar-refractivity contribution in [2.24, 2.45) is 0 Å². The first-order chi connectivity index (χ1) is 15.1. The summed E-state index contributed by atoms with van der Waals surface area (Å²) in [5.74, 6) is 0. The number of hydrogen-bond donors (Lipinski definition) is 0. The molecule has 2 aromatic carbocycles. The molecule has 3 heteroatoms. The minimum absolute atomic E-state index is 0.752. The van der Waals surface area contributed by atoms with Gasteiger partial charge >= 0.3 is 0 Å². The lowest BCUT2D eigenvalue weighted by atomic mass is 9.93. The SMILES string of the molecule is Cc1cc(C)c(-c2cc(-c3c(C)cc(C)cc3C)pc(C([Si](C)(C)C)[Si](C)(C)C)c2)c(C)c1. The van der Waals surface area contributed by atoms with Gasteiger partial charge in [-0.2, -0.15) is 0 Å². The third-order valence-electron chi connectivity index (χ3n) is 6.77. The van der Waals surface area contributed by atoms with Crippen LogP contribution < -0.4 is 0 Å². The largest absolute Gasteiger partial charge is 0.0693 e. The first-order valence-electron chi connectivity index (χ1n) is 12.3. The van der Waals surface area contributed by atoms with Crippen LogP contribution in [0.4, 0.5) is 0 Å². The van der Waals surface area contributed by atoms with Gasteiger partial charge in [0.25, 0.3) is 0 Å². The maximum atomic E-state index is 2.59. The molecule has 0 aliphatic carbocycles. The van der Waals surface area contributed by atoms with Gasteiger partial charge in [-0.25, -0.2) is 0 Å². The molecular formula is C30H43PSi2. The van der Waals surface area contributed by atoms with Gasteiger partial charge in [0, 0.05) is 21.4 Å². The maximum absolute atomic E-state index is 2.59. The van der Waals surface area contributed by atoms with E-state index in [0.29, 0.717) is 0 Å².